The molecule has 0 aliphatic rings. The van der Waals surface area contributed by atoms with Gasteiger partial charge in [0.2, 0.25) is 5.43 Å². The molecule has 4 nitrogen and oxygen atoms in total. The van der Waals surface area contributed by atoms with Crippen LogP contribution in [0.4, 0.5) is 4.39 Å². The Labute approximate surface area is 170 Å². The Balaban J connectivity index is 1.72. The van der Waals surface area contributed by atoms with Crippen molar-refractivity contribution in [1.82, 2.24) is 0 Å². The van der Waals surface area contributed by atoms with Gasteiger partial charge in [-0.2, -0.15) is 0 Å². The molecule has 0 unspecified atom stereocenters. The average molecular weight is 409 g/mol. The summed E-state index contributed by atoms with van der Waals surface area (Å²) < 4.78 is 24.4. The summed E-state index contributed by atoms with van der Waals surface area (Å²) in [5.74, 6) is -0.623. The molecule has 1 heterocycles. The van der Waals surface area contributed by atoms with E-state index in [1.165, 1.54) is 36.4 Å². The zero-order valence-electron chi connectivity index (χ0n) is 15.2. The quantitative estimate of drug-likeness (QED) is 0.318. The van der Waals surface area contributed by atoms with Crippen LogP contribution in [0.25, 0.3) is 22.1 Å². The summed E-state index contributed by atoms with van der Waals surface area (Å²) in [5.41, 5.74) is 1.31. The summed E-state index contributed by atoms with van der Waals surface area (Å²) in [6, 6.07) is 16.6. The maximum absolute atomic E-state index is 13.3. The van der Waals surface area contributed by atoms with Crippen LogP contribution in [-0.4, -0.2) is 5.97 Å². The molecule has 6 heteroatoms. The molecule has 144 valence electrons. The van der Waals surface area contributed by atoms with E-state index in [1.807, 2.05) is 0 Å². The summed E-state index contributed by atoms with van der Waals surface area (Å²) in [4.78, 5) is 25.2. The molecule has 0 amide bonds. The number of aryl methyl sites for hydroxylation is 1. The summed E-state index contributed by atoms with van der Waals surface area (Å²) in [6.07, 6.45) is 0. The highest BCUT2D eigenvalue weighted by Crippen LogP contribution is 2.27. The Morgan fingerprint density at radius 1 is 1.03 bits per heavy atom. The van der Waals surface area contributed by atoms with Gasteiger partial charge in [-0.15, -0.1) is 0 Å². The minimum absolute atomic E-state index is 0.0841. The molecule has 0 spiro atoms. The smallest absolute Gasteiger partial charge is 0.343 e. The maximum Gasteiger partial charge on any atom is 0.343 e. The Hall–Kier alpha value is -3.44. The van der Waals surface area contributed by atoms with Crippen LogP contribution in [0.15, 0.2) is 75.9 Å². The highest BCUT2D eigenvalue weighted by molar-refractivity contribution is 6.30. The van der Waals surface area contributed by atoms with E-state index >= 15 is 0 Å². The number of esters is 1. The predicted octanol–water partition coefficient (Wildman–Crippen LogP) is 5.78. The zero-order chi connectivity index (χ0) is 20.5. The van der Waals surface area contributed by atoms with Gasteiger partial charge in [-0.05, 0) is 55.0 Å². The molecule has 0 atom stereocenters. The van der Waals surface area contributed by atoms with E-state index in [9.17, 15) is 14.0 Å². The summed E-state index contributed by atoms with van der Waals surface area (Å²) in [5, 5.41) is 0.924. The van der Waals surface area contributed by atoms with Crippen molar-refractivity contribution >= 4 is 28.5 Å². The Bertz CT molecular complexity index is 1290. The molecule has 0 saturated carbocycles. The molecule has 4 aromatic rings. The predicted molar refractivity (Wildman–Crippen MR) is 109 cm³/mol. The van der Waals surface area contributed by atoms with Crippen LogP contribution in [0.2, 0.25) is 5.02 Å². The lowest BCUT2D eigenvalue weighted by Gasteiger charge is -2.09. The average Bonchev–Trinajstić information content (AvgIpc) is 2.69. The first-order valence-corrected chi connectivity index (χ1v) is 9.11. The van der Waals surface area contributed by atoms with Crippen molar-refractivity contribution in [2.24, 2.45) is 0 Å². The minimum Gasteiger partial charge on any atom is -0.460 e. The van der Waals surface area contributed by atoms with Crippen LogP contribution >= 0.6 is 11.6 Å². The number of fused-ring (bicyclic) bond motifs is 1. The molecule has 1 aromatic heterocycles. The largest absolute Gasteiger partial charge is 0.460 e. The number of carbonyl (C=O) groups excluding carboxylic acids is 1. The molecule has 0 fully saturated rings. The van der Waals surface area contributed by atoms with Crippen LogP contribution in [0.3, 0.4) is 0 Å². The van der Waals surface area contributed by atoms with Gasteiger partial charge in [0.15, 0.2) is 0 Å². The number of ether oxygens (including phenoxy) is 1. The molecule has 29 heavy (non-hydrogen) atoms. The van der Waals surface area contributed by atoms with Gasteiger partial charge < -0.3 is 9.15 Å². The lowest BCUT2D eigenvalue weighted by molar-refractivity contribution is 0.0734. The highest BCUT2D eigenvalue weighted by Gasteiger charge is 2.15. The topological polar surface area (TPSA) is 56.5 Å². The van der Waals surface area contributed by atoms with Gasteiger partial charge in [-0.25, -0.2) is 9.18 Å². The Morgan fingerprint density at radius 2 is 1.79 bits per heavy atom. The van der Waals surface area contributed by atoms with E-state index in [0.717, 1.165) is 6.07 Å². The van der Waals surface area contributed by atoms with E-state index in [-0.39, 0.29) is 22.3 Å². The molecule has 0 bridgehead atoms. The van der Waals surface area contributed by atoms with E-state index < -0.39 is 11.8 Å². The normalized spacial score (nSPS) is 10.9. The fourth-order valence-corrected chi connectivity index (χ4v) is 3.21. The standard InChI is InChI=1S/C23H14ClFO4/c1-13-21(14-5-7-16(24)8-6-14)22(26)19-10-9-18(12-20(19)28-13)29-23(27)15-3-2-4-17(25)11-15/h2-12H,1H3. The lowest BCUT2D eigenvalue weighted by atomic mass is 10.0. The molecule has 0 saturated heterocycles. The maximum atomic E-state index is 13.3. The van der Waals surface area contributed by atoms with Crippen molar-refractivity contribution in [1.29, 1.82) is 0 Å². The van der Waals surface area contributed by atoms with Gasteiger partial charge in [0.05, 0.1) is 16.5 Å². The second-order valence-corrected chi connectivity index (χ2v) is 6.86. The van der Waals surface area contributed by atoms with Crippen molar-refractivity contribution in [2.75, 3.05) is 0 Å². The van der Waals surface area contributed by atoms with E-state index in [0.29, 0.717) is 27.3 Å². The molecule has 4 rings (SSSR count). The lowest BCUT2D eigenvalue weighted by Crippen LogP contribution is -2.10. The van der Waals surface area contributed by atoms with Crippen LogP contribution in [0, 0.1) is 12.7 Å². The zero-order valence-corrected chi connectivity index (χ0v) is 16.0. The molecule has 0 aliphatic carbocycles. The minimum atomic E-state index is -0.708. The number of halogens is 2. The number of rotatable bonds is 3. The van der Waals surface area contributed by atoms with Crippen molar-refractivity contribution < 1.29 is 18.3 Å². The second kappa shape index (κ2) is 7.53. The molecule has 0 aliphatic heterocycles. The van der Waals surface area contributed by atoms with Gasteiger partial charge in [0.1, 0.15) is 22.9 Å². The number of hydrogen-bond donors (Lipinski definition) is 0. The fraction of sp³-hybridized carbons (Fsp3) is 0.0435. The summed E-state index contributed by atoms with van der Waals surface area (Å²) in [7, 11) is 0. The van der Waals surface area contributed by atoms with Gasteiger partial charge in [-0.3, -0.25) is 4.79 Å². The third-order valence-corrected chi connectivity index (χ3v) is 4.70. The third kappa shape index (κ3) is 3.77. The first-order chi connectivity index (χ1) is 13.9. The highest BCUT2D eigenvalue weighted by atomic mass is 35.5. The van der Waals surface area contributed by atoms with Crippen molar-refractivity contribution in [3.8, 4) is 16.9 Å². The molecule has 0 N–H and O–H groups in total. The Morgan fingerprint density at radius 3 is 2.52 bits per heavy atom. The number of carbonyl (C=O) groups is 1. The third-order valence-electron chi connectivity index (χ3n) is 4.44. The molecular formula is C23H14ClFO4. The molecular weight excluding hydrogens is 395 g/mol. The van der Waals surface area contributed by atoms with Crippen LogP contribution in [0.5, 0.6) is 5.75 Å². The van der Waals surface area contributed by atoms with E-state index in [1.54, 1.807) is 31.2 Å². The Kier molecular flexibility index (Phi) is 4.91. The van der Waals surface area contributed by atoms with Crippen LogP contribution < -0.4 is 10.2 Å². The van der Waals surface area contributed by atoms with Gasteiger partial charge >= 0.3 is 5.97 Å². The first kappa shape index (κ1) is 18.9. The van der Waals surface area contributed by atoms with Crippen LogP contribution in [-0.2, 0) is 0 Å². The van der Waals surface area contributed by atoms with Gasteiger partial charge in [0.25, 0.3) is 0 Å². The van der Waals surface area contributed by atoms with E-state index in [4.69, 9.17) is 20.8 Å². The van der Waals surface area contributed by atoms with Crippen molar-refractivity contribution in [2.45, 2.75) is 6.92 Å². The van der Waals surface area contributed by atoms with Gasteiger partial charge in [0, 0.05) is 11.1 Å². The summed E-state index contributed by atoms with van der Waals surface area (Å²) >= 11 is 5.92. The second-order valence-electron chi connectivity index (χ2n) is 6.43. The van der Waals surface area contributed by atoms with Gasteiger partial charge in [-0.1, -0.05) is 29.8 Å². The number of benzene rings is 3. The van der Waals surface area contributed by atoms with Crippen molar-refractivity contribution in [3.63, 3.8) is 0 Å². The molecule has 0 radical (unpaired) electrons. The first-order valence-electron chi connectivity index (χ1n) is 8.73. The monoisotopic (exact) mass is 408 g/mol. The SMILES string of the molecule is Cc1oc2cc(OC(=O)c3cccc(F)c3)ccc2c(=O)c1-c1ccc(Cl)cc1. The molecule has 3 aromatic carbocycles. The summed E-state index contributed by atoms with van der Waals surface area (Å²) in [6.45, 7) is 1.69. The van der Waals surface area contributed by atoms with Crippen molar-refractivity contribution in [3.05, 3.63) is 99.1 Å². The van der Waals surface area contributed by atoms with E-state index in [2.05, 4.69) is 0 Å². The van der Waals surface area contributed by atoms with Crippen LogP contribution in [0.1, 0.15) is 16.1 Å². The fourth-order valence-electron chi connectivity index (χ4n) is 3.08. The number of hydrogen-bond acceptors (Lipinski definition) is 4.